The Kier molecular flexibility index (Phi) is 2.89. The summed E-state index contributed by atoms with van der Waals surface area (Å²) in [4.78, 5) is 2.56. The molecule has 0 spiro atoms. The van der Waals surface area contributed by atoms with Gasteiger partial charge >= 0.3 is 0 Å². The van der Waals surface area contributed by atoms with Gasteiger partial charge in [-0.05, 0) is 55.6 Å². The lowest BCUT2D eigenvalue weighted by atomic mass is 9.99. The first kappa shape index (κ1) is 10.8. The molecule has 1 saturated heterocycles. The van der Waals surface area contributed by atoms with Gasteiger partial charge in [0.05, 0.1) is 6.26 Å². The van der Waals surface area contributed by atoms with Crippen molar-refractivity contribution in [1.29, 1.82) is 0 Å². The second kappa shape index (κ2) is 4.53. The molecular weight excluding hydrogens is 210 g/mol. The van der Waals surface area contributed by atoms with E-state index in [2.05, 4.69) is 30.0 Å². The summed E-state index contributed by atoms with van der Waals surface area (Å²) in [6.45, 7) is 5.91. The highest BCUT2D eigenvalue weighted by Gasteiger charge is 2.15. The number of furan rings is 1. The second-order valence-electron chi connectivity index (χ2n) is 5.25. The predicted molar refractivity (Wildman–Crippen MR) is 69.9 cm³/mol. The molecule has 1 aliphatic heterocycles. The lowest BCUT2D eigenvalue weighted by Gasteiger charge is -2.30. The first-order valence-electron chi connectivity index (χ1n) is 6.50. The highest BCUT2D eigenvalue weighted by Crippen LogP contribution is 2.21. The van der Waals surface area contributed by atoms with Crippen molar-refractivity contribution in [3.63, 3.8) is 0 Å². The highest BCUT2D eigenvalue weighted by molar-refractivity contribution is 5.77. The Morgan fingerprint density at radius 3 is 2.88 bits per heavy atom. The Hall–Kier alpha value is -1.28. The molecule has 0 amide bonds. The van der Waals surface area contributed by atoms with Gasteiger partial charge < -0.3 is 4.42 Å². The fourth-order valence-corrected chi connectivity index (χ4v) is 2.59. The fourth-order valence-electron chi connectivity index (χ4n) is 2.59. The zero-order chi connectivity index (χ0) is 11.7. The number of rotatable bonds is 2. The maximum atomic E-state index is 5.36. The van der Waals surface area contributed by atoms with Crippen LogP contribution in [0.1, 0.15) is 25.3 Å². The van der Waals surface area contributed by atoms with Gasteiger partial charge in [-0.25, -0.2) is 0 Å². The van der Waals surface area contributed by atoms with Gasteiger partial charge in [-0.1, -0.05) is 13.0 Å². The number of nitrogens with zero attached hydrogens (tertiary/aromatic N) is 1. The van der Waals surface area contributed by atoms with E-state index >= 15 is 0 Å². The summed E-state index contributed by atoms with van der Waals surface area (Å²) in [5.74, 6) is 0.905. The third-order valence-electron chi connectivity index (χ3n) is 3.80. The van der Waals surface area contributed by atoms with Crippen LogP contribution in [-0.4, -0.2) is 18.0 Å². The number of benzene rings is 1. The molecule has 90 valence electrons. The van der Waals surface area contributed by atoms with Crippen molar-refractivity contribution >= 4 is 11.0 Å². The van der Waals surface area contributed by atoms with Crippen LogP contribution in [0.5, 0.6) is 0 Å². The summed E-state index contributed by atoms with van der Waals surface area (Å²) in [5, 5.41) is 1.22. The Labute approximate surface area is 102 Å². The minimum Gasteiger partial charge on any atom is -0.464 e. The zero-order valence-electron chi connectivity index (χ0n) is 10.4. The summed E-state index contributed by atoms with van der Waals surface area (Å²) in [7, 11) is 0. The first-order chi connectivity index (χ1) is 8.31. The third-order valence-corrected chi connectivity index (χ3v) is 3.80. The number of hydrogen-bond donors (Lipinski definition) is 0. The van der Waals surface area contributed by atoms with Crippen LogP contribution >= 0.6 is 0 Å². The van der Waals surface area contributed by atoms with Gasteiger partial charge in [0.25, 0.3) is 0 Å². The number of fused-ring (bicyclic) bond motifs is 1. The van der Waals surface area contributed by atoms with Gasteiger partial charge in [-0.2, -0.15) is 0 Å². The first-order valence-corrected chi connectivity index (χ1v) is 6.50. The number of piperidine rings is 1. The quantitative estimate of drug-likeness (QED) is 0.781. The summed E-state index contributed by atoms with van der Waals surface area (Å²) in [6, 6.07) is 8.55. The molecule has 1 fully saturated rings. The Bertz CT molecular complexity index is 494. The summed E-state index contributed by atoms with van der Waals surface area (Å²) >= 11 is 0. The minimum absolute atomic E-state index is 0.905. The van der Waals surface area contributed by atoms with E-state index in [0.29, 0.717) is 0 Å². The molecule has 3 rings (SSSR count). The molecule has 2 aromatic rings. The summed E-state index contributed by atoms with van der Waals surface area (Å²) < 4.78 is 5.36. The highest BCUT2D eigenvalue weighted by atomic mass is 16.3. The lowest BCUT2D eigenvalue weighted by Crippen LogP contribution is -2.32. The van der Waals surface area contributed by atoms with Gasteiger partial charge in [0.2, 0.25) is 0 Å². The number of hydrogen-bond acceptors (Lipinski definition) is 2. The smallest absolute Gasteiger partial charge is 0.133 e. The summed E-state index contributed by atoms with van der Waals surface area (Å²) in [5.41, 5.74) is 2.38. The van der Waals surface area contributed by atoms with Crippen molar-refractivity contribution in [2.24, 2.45) is 5.92 Å². The molecule has 0 bridgehead atoms. The van der Waals surface area contributed by atoms with Crippen LogP contribution in [0.25, 0.3) is 11.0 Å². The van der Waals surface area contributed by atoms with E-state index in [1.165, 1.54) is 36.9 Å². The van der Waals surface area contributed by atoms with E-state index < -0.39 is 0 Å². The van der Waals surface area contributed by atoms with Gasteiger partial charge in [0.1, 0.15) is 5.58 Å². The molecule has 0 atom stereocenters. The second-order valence-corrected chi connectivity index (χ2v) is 5.25. The fraction of sp³-hybridized carbons (Fsp3) is 0.467. The summed E-state index contributed by atoms with van der Waals surface area (Å²) in [6.07, 6.45) is 4.44. The van der Waals surface area contributed by atoms with Gasteiger partial charge in [-0.15, -0.1) is 0 Å². The molecule has 2 heterocycles. The van der Waals surface area contributed by atoms with Crippen molar-refractivity contribution in [3.8, 4) is 0 Å². The molecule has 2 heteroatoms. The van der Waals surface area contributed by atoms with Crippen LogP contribution in [0.2, 0.25) is 0 Å². The molecule has 17 heavy (non-hydrogen) atoms. The van der Waals surface area contributed by atoms with Crippen molar-refractivity contribution < 1.29 is 4.42 Å². The van der Waals surface area contributed by atoms with Crippen LogP contribution in [0.3, 0.4) is 0 Å². The lowest BCUT2D eigenvalue weighted by molar-refractivity contribution is 0.185. The average molecular weight is 229 g/mol. The molecule has 1 aliphatic rings. The maximum absolute atomic E-state index is 5.36. The predicted octanol–water partition coefficient (Wildman–Crippen LogP) is 3.66. The van der Waals surface area contributed by atoms with Crippen molar-refractivity contribution in [2.45, 2.75) is 26.3 Å². The topological polar surface area (TPSA) is 16.4 Å². The molecule has 0 unspecified atom stereocenters. The van der Waals surface area contributed by atoms with E-state index in [0.717, 1.165) is 18.0 Å². The monoisotopic (exact) mass is 229 g/mol. The van der Waals surface area contributed by atoms with E-state index in [9.17, 15) is 0 Å². The molecule has 0 radical (unpaired) electrons. The Morgan fingerprint density at radius 2 is 2.06 bits per heavy atom. The van der Waals surface area contributed by atoms with Crippen molar-refractivity contribution in [3.05, 3.63) is 36.1 Å². The standard InChI is InChI=1S/C15H19NO/c1-12-4-7-16(8-5-12)11-13-2-3-15-14(10-13)6-9-17-15/h2-3,6,9-10,12H,4-5,7-8,11H2,1H3. The van der Waals surface area contributed by atoms with Gasteiger partial charge in [0, 0.05) is 11.9 Å². The Morgan fingerprint density at radius 1 is 1.24 bits per heavy atom. The molecule has 1 aromatic carbocycles. The largest absolute Gasteiger partial charge is 0.464 e. The SMILES string of the molecule is CC1CCN(Cc2ccc3occc3c2)CC1. The minimum atomic E-state index is 0.905. The van der Waals surface area contributed by atoms with Gasteiger partial charge in [0.15, 0.2) is 0 Å². The van der Waals surface area contributed by atoms with E-state index in [4.69, 9.17) is 4.42 Å². The van der Waals surface area contributed by atoms with E-state index in [1.54, 1.807) is 6.26 Å². The average Bonchev–Trinajstić information content (AvgIpc) is 2.79. The Balaban J connectivity index is 1.71. The molecule has 0 N–H and O–H groups in total. The molecule has 0 aliphatic carbocycles. The number of likely N-dealkylation sites (tertiary alicyclic amines) is 1. The molecule has 2 nitrogen and oxygen atoms in total. The van der Waals surface area contributed by atoms with Crippen molar-refractivity contribution in [1.82, 2.24) is 4.90 Å². The van der Waals surface area contributed by atoms with Gasteiger partial charge in [-0.3, -0.25) is 4.90 Å². The maximum Gasteiger partial charge on any atom is 0.133 e. The molecule has 0 saturated carbocycles. The van der Waals surface area contributed by atoms with Crippen LogP contribution in [-0.2, 0) is 6.54 Å². The van der Waals surface area contributed by atoms with E-state index in [-0.39, 0.29) is 0 Å². The van der Waals surface area contributed by atoms with E-state index in [1.807, 2.05) is 6.07 Å². The van der Waals surface area contributed by atoms with Crippen molar-refractivity contribution in [2.75, 3.05) is 13.1 Å². The van der Waals surface area contributed by atoms with Crippen LogP contribution in [0, 0.1) is 5.92 Å². The van der Waals surface area contributed by atoms with Crippen LogP contribution < -0.4 is 0 Å². The normalized spacial score (nSPS) is 18.9. The zero-order valence-corrected chi connectivity index (χ0v) is 10.4. The third kappa shape index (κ3) is 2.37. The molecular formula is C15H19NO. The van der Waals surface area contributed by atoms with Crippen LogP contribution in [0.4, 0.5) is 0 Å². The molecule has 1 aromatic heterocycles. The van der Waals surface area contributed by atoms with Crippen LogP contribution in [0.15, 0.2) is 34.9 Å².